The van der Waals surface area contributed by atoms with E-state index in [0.29, 0.717) is 19.1 Å². The molecular weight excluding hydrogens is 224 g/mol. The summed E-state index contributed by atoms with van der Waals surface area (Å²) in [6.07, 6.45) is 1.13. The Morgan fingerprint density at radius 2 is 1.89 bits per heavy atom. The summed E-state index contributed by atoms with van der Waals surface area (Å²) in [6.45, 7) is 5.28. The maximum atomic E-state index is 9.24. The molecule has 3 heteroatoms. The minimum Gasteiger partial charge on any atom is -0.378 e. The van der Waals surface area contributed by atoms with Crippen molar-refractivity contribution in [1.29, 1.82) is 5.26 Å². The molecule has 0 bridgehead atoms. The second-order valence-corrected chi connectivity index (χ2v) is 5.21. The van der Waals surface area contributed by atoms with Gasteiger partial charge < -0.3 is 10.5 Å². The van der Waals surface area contributed by atoms with Gasteiger partial charge in [-0.1, -0.05) is 38.1 Å². The van der Waals surface area contributed by atoms with Gasteiger partial charge in [0.1, 0.15) is 5.41 Å². The number of nitrogens with two attached hydrogens (primary N) is 1. The quantitative estimate of drug-likeness (QED) is 0.886. The van der Waals surface area contributed by atoms with Crippen molar-refractivity contribution in [1.82, 2.24) is 0 Å². The molecule has 3 nitrogen and oxygen atoms in total. The van der Waals surface area contributed by atoms with Gasteiger partial charge in [0.05, 0.1) is 25.3 Å². The van der Waals surface area contributed by atoms with Crippen molar-refractivity contribution in [3.8, 4) is 6.07 Å². The van der Waals surface area contributed by atoms with Crippen molar-refractivity contribution < 1.29 is 4.74 Å². The van der Waals surface area contributed by atoms with Crippen molar-refractivity contribution in [2.45, 2.75) is 32.2 Å². The summed E-state index contributed by atoms with van der Waals surface area (Å²) < 4.78 is 5.15. The summed E-state index contributed by atoms with van der Waals surface area (Å²) in [7, 11) is 0. The number of hydrogen-bond donors (Lipinski definition) is 1. The Morgan fingerprint density at radius 3 is 2.28 bits per heavy atom. The van der Waals surface area contributed by atoms with Crippen LogP contribution in [0, 0.1) is 16.7 Å². The highest BCUT2D eigenvalue weighted by Gasteiger charge is 2.45. The van der Waals surface area contributed by atoms with Gasteiger partial charge in [-0.25, -0.2) is 0 Å². The highest BCUT2D eigenvalue weighted by atomic mass is 16.5. The summed E-state index contributed by atoms with van der Waals surface area (Å²) in [5.74, 6) is 0.562. The molecule has 0 amide bonds. The van der Waals surface area contributed by atoms with Crippen LogP contribution in [0.2, 0.25) is 0 Å². The first kappa shape index (κ1) is 13.1. The van der Waals surface area contributed by atoms with Gasteiger partial charge in [0.25, 0.3) is 0 Å². The molecule has 1 aromatic carbocycles. The Balaban J connectivity index is 2.17. The first-order valence-corrected chi connectivity index (χ1v) is 6.47. The van der Waals surface area contributed by atoms with Crippen LogP contribution in [0.1, 0.15) is 43.4 Å². The van der Waals surface area contributed by atoms with Crippen LogP contribution in [0.4, 0.5) is 0 Å². The Hall–Kier alpha value is -1.37. The number of rotatable bonds is 4. The summed E-state index contributed by atoms with van der Waals surface area (Å²) in [6, 6.07) is 10.4. The van der Waals surface area contributed by atoms with E-state index in [4.69, 9.17) is 10.5 Å². The highest BCUT2D eigenvalue weighted by Crippen LogP contribution is 2.38. The fourth-order valence-corrected chi connectivity index (χ4v) is 2.22. The lowest BCUT2D eigenvalue weighted by molar-refractivity contribution is -0.0910. The predicted molar refractivity (Wildman–Crippen MR) is 70.9 cm³/mol. The third-order valence-corrected chi connectivity index (χ3v) is 4.01. The molecule has 1 fully saturated rings. The van der Waals surface area contributed by atoms with Crippen LogP contribution >= 0.6 is 0 Å². The van der Waals surface area contributed by atoms with Crippen LogP contribution in [-0.4, -0.2) is 13.2 Å². The molecule has 1 aromatic rings. The molecule has 0 aliphatic carbocycles. The molecule has 2 unspecified atom stereocenters. The van der Waals surface area contributed by atoms with Crippen molar-refractivity contribution in [3.63, 3.8) is 0 Å². The summed E-state index contributed by atoms with van der Waals surface area (Å²) >= 11 is 0. The maximum absolute atomic E-state index is 9.24. The molecule has 18 heavy (non-hydrogen) atoms. The fraction of sp³-hybridized carbons (Fsp3) is 0.533. The van der Waals surface area contributed by atoms with Gasteiger partial charge >= 0.3 is 0 Å². The highest BCUT2D eigenvalue weighted by molar-refractivity contribution is 5.30. The first-order valence-electron chi connectivity index (χ1n) is 6.47. The largest absolute Gasteiger partial charge is 0.378 e. The van der Waals surface area contributed by atoms with Gasteiger partial charge in [-0.05, 0) is 23.5 Å². The number of benzene rings is 1. The molecule has 96 valence electrons. The lowest BCUT2D eigenvalue weighted by Gasteiger charge is -2.39. The fourth-order valence-electron chi connectivity index (χ4n) is 2.22. The van der Waals surface area contributed by atoms with E-state index in [1.807, 2.05) is 12.1 Å². The van der Waals surface area contributed by atoms with E-state index in [0.717, 1.165) is 12.0 Å². The first-order chi connectivity index (χ1) is 8.63. The van der Waals surface area contributed by atoms with Gasteiger partial charge in [0.15, 0.2) is 0 Å². The Bertz CT molecular complexity index is 443. The zero-order chi connectivity index (χ0) is 13.2. The average molecular weight is 244 g/mol. The smallest absolute Gasteiger partial charge is 0.123 e. The van der Waals surface area contributed by atoms with Crippen molar-refractivity contribution >= 4 is 0 Å². The van der Waals surface area contributed by atoms with Crippen LogP contribution < -0.4 is 5.73 Å². The molecule has 2 N–H and O–H groups in total. The second-order valence-electron chi connectivity index (χ2n) is 5.21. The lowest BCUT2D eigenvalue weighted by Crippen LogP contribution is -2.49. The van der Waals surface area contributed by atoms with Crippen LogP contribution in [-0.2, 0) is 4.74 Å². The average Bonchev–Trinajstić information content (AvgIpc) is 2.37. The zero-order valence-corrected chi connectivity index (χ0v) is 11.0. The van der Waals surface area contributed by atoms with Gasteiger partial charge in [0.2, 0.25) is 0 Å². The standard InChI is InChI=1S/C15H20N2O/c1-3-11(2)12-4-6-13(7-5-12)14(17)15(8-16)9-18-10-15/h4-7,11,14H,3,9-10,17H2,1-2H3. The minimum absolute atomic E-state index is 0.262. The van der Waals surface area contributed by atoms with Gasteiger partial charge in [0, 0.05) is 0 Å². The van der Waals surface area contributed by atoms with Gasteiger partial charge in [-0.3, -0.25) is 0 Å². The SMILES string of the molecule is CCC(C)c1ccc(C(N)C2(C#N)COC2)cc1. The number of nitriles is 1. The molecule has 0 spiro atoms. The summed E-state index contributed by atoms with van der Waals surface area (Å²) in [5, 5.41) is 9.24. The van der Waals surface area contributed by atoms with Crippen LogP contribution in [0.15, 0.2) is 24.3 Å². The predicted octanol–water partition coefficient (Wildman–Crippen LogP) is 2.74. The van der Waals surface area contributed by atoms with Crippen molar-refractivity contribution in [3.05, 3.63) is 35.4 Å². The molecule has 1 heterocycles. The maximum Gasteiger partial charge on any atom is 0.123 e. The molecule has 1 aliphatic rings. The molecule has 0 aromatic heterocycles. The van der Waals surface area contributed by atoms with E-state index in [-0.39, 0.29) is 6.04 Å². The van der Waals surface area contributed by atoms with Crippen molar-refractivity contribution in [2.24, 2.45) is 11.1 Å². The second kappa shape index (κ2) is 5.09. The molecule has 1 aliphatic heterocycles. The third-order valence-electron chi connectivity index (χ3n) is 4.01. The van der Waals surface area contributed by atoms with Crippen molar-refractivity contribution in [2.75, 3.05) is 13.2 Å². The number of nitrogens with zero attached hydrogens (tertiary/aromatic N) is 1. The normalized spacial score (nSPS) is 20.6. The Labute approximate surface area is 109 Å². The van der Waals surface area contributed by atoms with E-state index in [2.05, 4.69) is 32.0 Å². The van der Waals surface area contributed by atoms with E-state index < -0.39 is 5.41 Å². The summed E-state index contributed by atoms with van der Waals surface area (Å²) in [4.78, 5) is 0. The molecular formula is C15H20N2O. The van der Waals surface area contributed by atoms with Gasteiger partial charge in [-0.15, -0.1) is 0 Å². The molecule has 0 radical (unpaired) electrons. The number of hydrogen-bond acceptors (Lipinski definition) is 3. The topological polar surface area (TPSA) is 59.0 Å². The van der Waals surface area contributed by atoms with E-state index in [1.54, 1.807) is 0 Å². The van der Waals surface area contributed by atoms with E-state index in [9.17, 15) is 5.26 Å². The molecule has 2 rings (SSSR count). The monoisotopic (exact) mass is 244 g/mol. The Kier molecular flexibility index (Phi) is 3.70. The lowest BCUT2D eigenvalue weighted by atomic mass is 9.77. The van der Waals surface area contributed by atoms with Gasteiger partial charge in [-0.2, -0.15) is 5.26 Å². The third kappa shape index (κ3) is 2.14. The van der Waals surface area contributed by atoms with Crippen LogP contribution in [0.3, 0.4) is 0 Å². The minimum atomic E-state index is -0.530. The summed E-state index contributed by atoms with van der Waals surface area (Å²) in [5.41, 5.74) is 8.02. The van der Waals surface area contributed by atoms with Crippen LogP contribution in [0.25, 0.3) is 0 Å². The molecule has 1 saturated heterocycles. The van der Waals surface area contributed by atoms with E-state index in [1.165, 1.54) is 5.56 Å². The molecule has 0 saturated carbocycles. The molecule has 2 atom stereocenters. The zero-order valence-electron chi connectivity index (χ0n) is 11.0. The van der Waals surface area contributed by atoms with Crippen LogP contribution in [0.5, 0.6) is 0 Å². The van der Waals surface area contributed by atoms with E-state index >= 15 is 0 Å². The number of ether oxygens (including phenoxy) is 1. The Morgan fingerprint density at radius 1 is 1.33 bits per heavy atom.